The third-order valence-corrected chi connectivity index (χ3v) is 3.50. The smallest absolute Gasteiger partial charge is 0.227 e. The predicted octanol–water partition coefficient (Wildman–Crippen LogP) is 3.24. The van der Waals surface area contributed by atoms with Crippen LogP contribution in [-0.2, 0) is 11.2 Å². The fraction of sp³-hybridized carbons (Fsp3) is 0.400. The van der Waals surface area contributed by atoms with Gasteiger partial charge in [0, 0.05) is 24.4 Å². The van der Waals surface area contributed by atoms with Gasteiger partial charge in [0.15, 0.2) is 0 Å². The molecule has 0 bridgehead atoms. The Kier molecular flexibility index (Phi) is 5.33. The highest BCUT2D eigenvalue weighted by molar-refractivity contribution is 6.33. The lowest BCUT2D eigenvalue weighted by Crippen LogP contribution is -2.32. The standard InChI is InChI=1S/C15H18ClN3O2/c1-3-10(2)17-13(20)8-9-14-18-15(19-21-14)11-6-4-5-7-12(11)16/h4-7,10H,3,8-9H2,1-2H3,(H,17,20). The zero-order chi connectivity index (χ0) is 15.2. The lowest BCUT2D eigenvalue weighted by molar-refractivity contribution is -0.121. The maximum atomic E-state index is 11.7. The molecule has 112 valence electrons. The van der Waals surface area contributed by atoms with Crippen molar-refractivity contribution in [2.45, 2.75) is 39.2 Å². The Labute approximate surface area is 128 Å². The van der Waals surface area contributed by atoms with E-state index in [0.717, 1.165) is 12.0 Å². The van der Waals surface area contributed by atoms with E-state index >= 15 is 0 Å². The number of hydrogen-bond acceptors (Lipinski definition) is 4. The van der Waals surface area contributed by atoms with E-state index in [4.69, 9.17) is 16.1 Å². The van der Waals surface area contributed by atoms with Gasteiger partial charge in [0.05, 0.1) is 5.02 Å². The minimum absolute atomic E-state index is 0.0122. The highest BCUT2D eigenvalue weighted by Gasteiger charge is 2.13. The minimum atomic E-state index is -0.0122. The Bertz CT molecular complexity index is 612. The normalized spacial score (nSPS) is 12.1. The summed E-state index contributed by atoms with van der Waals surface area (Å²) in [5.41, 5.74) is 0.721. The molecule has 1 amide bonds. The maximum Gasteiger partial charge on any atom is 0.227 e. The molecule has 0 aliphatic rings. The summed E-state index contributed by atoms with van der Waals surface area (Å²) >= 11 is 6.08. The first-order chi connectivity index (χ1) is 10.1. The lowest BCUT2D eigenvalue weighted by Gasteiger charge is -2.10. The zero-order valence-electron chi connectivity index (χ0n) is 12.1. The zero-order valence-corrected chi connectivity index (χ0v) is 12.9. The third kappa shape index (κ3) is 4.29. The number of hydrogen-bond donors (Lipinski definition) is 1. The summed E-state index contributed by atoms with van der Waals surface area (Å²) in [6.45, 7) is 4.00. The average molecular weight is 308 g/mol. The van der Waals surface area contributed by atoms with Gasteiger partial charge >= 0.3 is 0 Å². The van der Waals surface area contributed by atoms with Crippen LogP contribution in [0.1, 0.15) is 32.6 Å². The molecule has 0 aliphatic heterocycles. The van der Waals surface area contributed by atoms with Gasteiger partial charge in [-0.3, -0.25) is 4.79 Å². The molecular formula is C15H18ClN3O2. The van der Waals surface area contributed by atoms with Crippen LogP contribution in [0.3, 0.4) is 0 Å². The van der Waals surface area contributed by atoms with Gasteiger partial charge in [0.25, 0.3) is 0 Å². The number of amides is 1. The second-order valence-electron chi connectivity index (χ2n) is 4.87. The first-order valence-corrected chi connectivity index (χ1v) is 7.34. The number of carbonyl (C=O) groups excluding carboxylic acids is 1. The molecule has 0 spiro atoms. The summed E-state index contributed by atoms with van der Waals surface area (Å²) in [6.07, 6.45) is 1.65. The number of aryl methyl sites for hydroxylation is 1. The van der Waals surface area contributed by atoms with Crippen LogP contribution >= 0.6 is 11.6 Å². The quantitative estimate of drug-likeness (QED) is 0.889. The van der Waals surface area contributed by atoms with Crippen LogP contribution in [0.4, 0.5) is 0 Å². The molecule has 0 aliphatic carbocycles. The van der Waals surface area contributed by atoms with E-state index < -0.39 is 0 Å². The molecule has 0 saturated heterocycles. The maximum absolute atomic E-state index is 11.7. The van der Waals surface area contributed by atoms with Crippen LogP contribution in [0, 0.1) is 0 Å². The molecule has 1 atom stereocenters. The van der Waals surface area contributed by atoms with Crippen molar-refractivity contribution in [3.8, 4) is 11.4 Å². The molecule has 2 rings (SSSR count). The molecule has 0 saturated carbocycles. The van der Waals surface area contributed by atoms with Crippen molar-refractivity contribution in [3.63, 3.8) is 0 Å². The van der Waals surface area contributed by atoms with E-state index in [1.54, 1.807) is 6.07 Å². The highest BCUT2D eigenvalue weighted by Crippen LogP contribution is 2.24. The van der Waals surface area contributed by atoms with Gasteiger partial charge < -0.3 is 9.84 Å². The molecule has 6 heteroatoms. The highest BCUT2D eigenvalue weighted by atomic mass is 35.5. The summed E-state index contributed by atoms with van der Waals surface area (Å²) < 4.78 is 5.16. The van der Waals surface area contributed by atoms with Crippen molar-refractivity contribution in [2.75, 3.05) is 0 Å². The summed E-state index contributed by atoms with van der Waals surface area (Å²) in [7, 11) is 0. The van der Waals surface area contributed by atoms with Crippen molar-refractivity contribution in [3.05, 3.63) is 35.2 Å². The van der Waals surface area contributed by atoms with Crippen LogP contribution in [0.2, 0.25) is 5.02 Å². The molecule has 2 aromatic rings. The molecule has 1 N–H and O–H groups in total. The number of carbonyl (C=O) groups is 1. The van der Waals surface area contributed by atoms with Crippen LogP contribution < -0.4 is 5.32 Å². The largest absolute Gasteiger partial charge is 0.354 e. The summed E-state index contributed by atoms with van der Waals surface area (Å²) in [6, 6.07) is 7.47. The van der Waals surface area contributed by atoms with E-state index in [2.05, 4.69) is 15.5 Å². The monoisotopic (exact) mass is 307 g/mol. The second kappa shape index (κ2) is 7.22. The Morgan fingerprint density at radius 3 is 2.90 bits per heavy atom. The van der Waals surface area contributed by atoms with Crippen molar-refractivity contribution >= 4 is 17.5 Å². The number of benzene rings is 1. The molecule has 0 fully saturated rings. The van der Waals surface area contributed by atoms with Gasteiger partial charge in [-0.25, -0.2) is 0 Å². The van der Waals surface area contributed by atoms with Crippen LogP contribution in [0.5, 0.6) is 0 Å². The first kappa shape index (κ1) is 15.5. The van der Waals surface area contributed by atoms with E-state index in [9.17, 15) is 4.79 Å². The second-order valence-corrected chi connectivity index (χ2v) is 5.28. The molecule has 21 heavy (non-hydrogen) atoms. The van der Waals surface area contributed by atoms with Crippen LogP contribution in [0.15, 0.2) is 28.8 Å². The molecule has 1 heterocycles. The molecule has 5 nitrogen and oxygen atoms in total. The molecule has 0 radical (unpaired) electrons. The minimum Gasteiger partial charge on any atom is -0.354 e. The Hall–Kier alpha value is -1.88. The Balaban J connectivity index is 1.95. The topological polar surface area (TPSA) is 68.0 Å². The Morgan fingerprint density at radius 2 is 2.19 bits per heavy atom. The van der Waals surface area contributed by atoms with E-state index in [1.165, 1.54) is 0 Å². The van der Waals surface area contributed by atoms with E-state index in [0.29, 0.717) is 29.6 Å². The van der Waals surface area contributed by atoms with Gasteiger partial charge in [-0.05, 0) is 25.5 Å². The van der Waals surface area contributed by atoms with Gasteiger partial charge in [-0.1, -0.05) is 35.8 Å². The summed E-state index contributed by atoms with van der Waals surface area (Å²) in [5.74, 6) is 0.865. The Morgan fingerprint density at radius 1 is 1.43 bits per heavy atom. The van der Waals surface area contributed by atoms with Crippen LogP contribution in [-0.4, -0.2) is 22.1 Å². The SMILES string of the molecule is CCC(C)NC(=O)CCc1nc(-c2ccccc2Cl)no1. The van der Waals surface area contributed by atoms with Crippen molar-refractivity contribution < 1.29 is 9.32 Å². The van der Waals surface area contributed by atoms with Crippen molar-refractivity contribution in [2.24, 2.45) is 0 Å². The number of nitrogens with zero attached hydrogens (tertiary/aromatic N) is 2. The van der Waals surface area contributed by atoms with E-state index in [1.807, 2.05) is 32.0 Å². The predicted molar refractivity (Wildman–Crippen MR) is 81.0 cm³/mol. The molecular weight excluding hydrogens is 290 g/mol. The van der Waals surface area contributed by atoms with Gasteiger partial charge in [0.2, 0.25) is 17.6 Å². The summed E-state index contributed by atoms with van der Waals surface area (Å²) in [4.78, 5) is 16.0. The van der Waals surface area contributed by atoms with Crippen LogP contribution in [0.25, 0.3) is 11.4 Å². The third-order valence-electron chi connectivity index (χ3n) is 3.17. The van der Waals surface area contributed by atoms with Gasteiger partial charge in [-0.15, -0.1) is 0 Å². The molecule has 1 unspecified atom stereocenters. The molecule has 1 aromatic carbocycles. The van der Waals surface area contributed by atoms with Crippen molar-refractivity contribution in [1.82, 2.24) is 15.5 Å². The lowest BCUT2D eigenvalue weighted by atomic mass is 10.2. The number of rotatable bonds is 6. The molecule has 1 aromatic heterocycles. The first-order valence-electron chi connectivity index (χ1n) is 6.97. The average Bonchev–Trinajstić information content (AvgIpc) is 2.94. The van der Waals surface area contributed by atoms with Gasteiger partial charge in [0.1, 0.15) is 0 Å². The summed E-state index contributed by atoms with van der Waals surface area (Å²) in [5, 5.41) is 7.37. The number of halogens is 1. The fourth-order valence-corrected chi connectivity index (χ4v) is 2.00. The number of aromatic nitrogens is 2. The van der Waals surface area contributed by atoms with Crippen molar-refractivity contribution in [1.29, 1.82) is 0 Å². The van der Waals surface area contributed by atoms with Gasteiger partial charge in [-0.2, -0.15) is 4.98 Å². The fourth-order valence-electron chi connectivity index (χ4n) is 1.78. The van der Waals surface area contributed by atoms with E-state index in [-0.39, 0.29) is 11.9 Å². The number of nitrogens with one attached hydrogen (secondary N) is 1.